The van der Waals surface area contributed by atoms with Crippen molar-refractivity contribution in [3.63, 3.8) is 0 Å². The predicted molar refractivity (Wildman–Crippen MR) is 61.3 cm³/mol. The summed E-state index contributed by atoms with van der Waals surface area (Å²) < 4.78 is 0. The maximum Gasteiger partial charge on any atom is 0.177 e. The molecule has 0 aromatic heterocycles. The molecule has 80 valence electrons. The lowest BCUT2D eigenvalue weighted by Crippen LogP contribution is -2.42. The molecule has 0 aromatic rings. The molecule has 1 unspecified atom stereocenters. The molecule has 1 atom stereocenters. The van der Waals surface area contributed by atoms with Gasteiger partial charge in [-0.15, -0.1) is 0 Å². The van der Waals surface area contributed by atoms with E-state index >= 15 is 0 Å². The second-order valence-corrected chi connectivity index (χ2v) is 4.99. The molecule has 0 radical (unpaired) electrons. The van der Waals surface area contributed by atoms with Gasteiger partial charge in [-0.2, -0.15) is 0 Å². The summed E-state index contributed by atoms with van der Waals surface area (Å²) >= 11 is 0. The van der Waals surface area contributed by atoms with Gasteiger partial charge >= 0.3 is 0 Å². The molecular formula is C13H17NO. The van der Waals surface area contributed by atoms with Crippen LogP contribution in [0.25, 0.3) is 0 Å². The molecule has 1 heterocycles. The Hall–Kier alpha value is -1.31. The van der Waals surface area contributed by atoms with Crippen molar-refractivity contribution in [3.05, 3.63) is 36.6 Å². The van der Waals surface area contributed by atoms with Gasteiger partial charge in [0.25, 0.3) is 0 Å². The highest BCUT2D eigenvalue weighted by Crippen LogP contribution is 2.33. The summed E-state index contributed by atoms with van der Waals surface area (Å²) in [5.41, 5.74) is 1.07. The third-order valence-electron chi connectivity index (χ3n) is 3.10. The highest BCUT2D eigenvalue weighted by molar-refractivity contribution is 5.95. The predicted octanol–water partition coefficient (Wildman–Crippen LogP) is 2.30. The Morgan fingerprint density at radius 2 is 2.20 bits per heavy atom. The number of hydrogen-bond acceptors (Lipinski definition) is 2. The van der Waals surface area contributed by atoms with Crippen molar-refractivity contribution < 1.29 is 4.79 Å². The molecule has 1 aliphatic carbocycles. The van der Waals surface area contributed by atoms with Gasteiger partial charge in [-0.1, -0.05) is 32.6 Å². The van der Waals surface area contributed by atoms with Crippen molar-refractivity contribution in [1.29, 1.82) is 0 Å². The molecule has 2 heteroatoms. The van der Waals surface area contributed by atoms with Gasteiger partial charge in [0.2, 0.25) is 0 Å². The molecule has 1 aliphatic heterocycles. The Kier molecular flexibility index (Phi) is 2.29. The van der Waals surface area contributed by atoms with Crippen LogP contribution in [0.3, 0.4) is 0 Å². The van der Waals surface area contributed by atoms with Gasteiger partial charge in [-0.05, 0) is 24.0 Å². The zero-order chi connectivity index (χ0) is 11.1. The topological polar surface area (TPSA) is 20.3 Å². The number of rotatable bonds is 1. The molecule has 2 rings (SSSR count). The van der Waals surface area contributed by atoms with Crippen molar-refractivity contribution >= 4 is 5.78 Å². The molecule has 2 aliphatic rings. The summed E-state index contributed by atoms with van der Waals surface area (Å²) in [4.78, 5) is 13.9. The van der Waals surface area contributed by atoms with Crippen LogP contribution in [0.4, 0.5) is 0 Å². The van der Waals surface area contributed by atoms with E-state index < -0.39 is 0 Å². The minimum Gasteiger partial charge on any atom is -0.358 e. The van der Waals surface area contributed by atoms with Gasteiger partial charge < -0.3 is 4.90 Å². The van der Waals surface area contributed by atoms with E-state index in [4.69, 9.17) is 0 Å². The Bertz CT molecular complexity index is 363. The van der Waals surface area contributed by atoms with Crippen molar-refractivity contribution in [2.75, 3.05) is 6.54 Å². The molecule has 0 aromatic carbocycles. The summed E-state index contributed by atoms with van der Waals surface area (Å²) in [6, 6.07) is -0.0208. The largest absolute Gasteiger partial charge is 0.358 e. The second kappa shape index (κ2) is 3.37. The van der Waals surface area contributed by atoms with Gasteiger partial charge in [-0.25, -0.2) is 0 Å². The van der Waals surface area contributed by atoms with Crippen LogP contribution in [0.15, 0.2) is 36.6 Å². The summed E-state index contributed by atoms with van der Waals surface area (Å²) in [7, 11) is 0. The van der Waals surface area contributed by atoms with Crippen LogP contribution in [-0.4, -0.2) is 23.3 Å². The lowest BCUT2D eigenvalue weighted by Gasteiger charge is -2.36. The monoisotopic (exact) mass is 203 g/mol. The Balaban J connectivity index is 2.20. The van der Waals surface area contributed by atoms with Crippen LogP contribution in [-0.2, 0) is 4.79 Å². The molecule has 0 saturated carbocycles. The van der Waals surface area contributed by atoms with E-state index in [-0.39, 0.29) is 17.2 Å². The normalized spacial score (nSPS) is 28.9. The maximum absolute atomic E-state index is 11.8. The average molecular weight is 203 g/mol. The lowest BCUT2D eigenvalue weighted by atomic mass is 9.79. The van der Waals surface area contributed by atoms with Crippen LogP contribution in [0.2, 0.25) is 0 Å². The van der Waals surface area contributed by atoms with E-state index in [0.29, 0.717) is 0 Å². The molecule has 0 bridgehead atoms. The molecule has 0 amide bonds. The van der Waals surface area contributed by atoms with E-state index in [9.17, 15) is 4.79 Å². The zero-order valence-corrected chi connectivity index (χ0v) is 9.36. The fourth-order valence-corrected chi connectivity index (χ4v) is 2.19. The standard InChI is InChI=1S/C13H17NO/c1-10-5-4-8-14(10)11-9-13(2,3)7-6-12(11)15/h4-7,11H,1,8-9H2,2-3H3. The number of ketones is 1. The first-order chi connectivity index (χ1) is 6.99. The molecular weight excluding hydrogens is 186 g/mol. The number of hydrogen-bond donors (Lipinski definition) is 0. The van der Waals surface area contributed by atoms with Gasteiger partial charge in [0.05, 0.1) is 6.04 Å². The van der Waals surface area contributed by atoms with Crippen LogP contribution >= 0.6 is 0 Å². The first-order valence-corrected chi connectivity index (χ1v) is 5.35. The number of carbonyl (C=O) groups excluding carboxylic acids is 1. The lowest BCUT2D eigenvalue weighted by molar-refractivity contribution is -0.120. The number of carbonyl (C=O) groups is 1. The fraction of sp³-hybridized carbons (Fsp3) is 0.462. The maximum atomic E-state index is 11.8. The van der Waals surface area contributed by atoms with E-state index in [1.165, 1.54) is 0 Å². The van der Waals surface area contributed by atoms with Gasteiger partial charge in [0, 0.05) is 12.2 Å². The first kappa shape index (κ1) is 10.2. The van der Waals surface area contributed by atoms with Gasteiger partial charge in [-0.3, -0.25) is 4.79 Å². The molecule has 0 N–H and O–H groups in total. The SMILES string of the molecule is C=C1C=CCN1C1CC(C)(C)C=CC1=O. The quantitative estimate of drug-likeness (QED) is 0.651. The highest BCUT2D eigenvalue weighted by atomic mass is 16.1. The van der Waals surface area contributed by atoms with Gasteiger partial charge in [0.15, 0.2) is 5.78 Å². The Labute approximate surface area is 91.0 Å². The third kappa shape index (κ3) is 1.89. The molecule has 2 nitrogen and oxygen atoms in total. The van der Waals surface area contributed by atoms with E-state index in [2.05, 4.69) is 31.4 Å². The summed E-state index contributed by atoms with van der Waals surface area (Å²) in [6.45, 7) is 9.10. The number of allylic oxidation sites excluding steroid dienone is 2. The zero-order valence-electron chi connectivity index (χ0n) is 9.36. The Morgan fingerprint density at radius 1 is 1.47 bits per heavy atom. The Morgan fingerprint density at radius 3 is 2.80 bits per heavy atom. The van der Waals surface area contributed by atoms with E-state index in [1.807, 2.05) is 12.2 Å². The minimum absolute atomic E-state index is 0.0208. The van der Waals surface area contributed by atoms with Crippen molar-refractivity contribution in [1.82, 2.24) is 4.90 Å². The number of nitrogens with zero attached hydrogens (tertiary/aromatic N) is 1. The summed E-state index contributed by atoms with van der Waals surface area (Å²) in [5, 5.41) is 0. The summed E-state index contributed by atoms with van der Waals surface area (Å²) in [6.07, 6.45) is 8.65. The third-order valence-corrected chi connectivity index (χ3v) is 3.10. The highest BCUT2D eigenvalue weighted by Gasteiger charge is 2.34. The van der Waals surface area contributed by atoms with Crippen LogP contribution in [0.5, 0.6) is 0 Å². The molecule has 0 saturated heterocycles. The van der Waals surface area contributed by atoms with Crippen LogP contribution in [0, 0.1) is 5.41 Å². The minimum atomic E-state index is -0.0208. The second-order valence-electron chi connectivity index (χ2n) is 4.99. The fourth-order valence-electron chi connectivity index (χ4n) is 2.19. The van der Waals surface area contributed by atoms with Crippen molar-refractivity contribution in [2.24, 2.45) is 5.41 Å². The summed E-state index contributed by atoms with van der Waals surface area (Å²) in [5.74, 6) is 0.208. The van der Waals surface area contributed by atoms with Crippen LogP contribution < -0.4 is 0 Å². The molecule has 15 heavy (non-hydrogen) atoms. The smallest absolute Gasteiger partial charge is 0.177 e. The van der Waals surface area contributed by atoms with Crippen molar-refractivity contribution in [2.45, 2.75) is 26.3 Å². The van der Waals surface area contributed by atoms with Gasteiger partial charge in [0.1, 0.15) is 0 Å². The van der Waals surface area contributed by atoms with E-state index in [1.54, 1.807) is 6.08 Å². The van der Waals surface area contributed by atoms with Crippen LogP contribution in [0.1, 0.15) is 20.3 Å². The molecule has 0 fully saturated rings. The first-order valence-electron chi connectivity index (χ1n) is 5.35. The average Bonchev–Trinajstić information content (AvgIpc) is 2.56. The van der Waals surface area contributed by atoms with E-state index in [0.717, 1.165) is 18.7 Å². The van der Waals surface area contributed by atoms with Crippen molar-refractivity contribution in [3.8, 4) is 0 Å². The molecule has 0 spiro atoms.